The minimum atomic E-state index is 0.0272. The van der Waals surface area contributed by atoms with E-state index in [2.05, 4.69) is 20.8 Å². The molecule has 0 radical (unpaired) electrons. The highest BCUT2D eigenvalue weighted by Crippen LogP contribution is 2.22. The Morgan fingerprint density at radius 3 is 2.50 bits per heavy atom. The molecular formula is C12H15ClO. The topological polar surface area (TPSA) is 17.1 Å². The van der Waals surface area contributed by atoms with Crippen molar-refractivity contribution in [1.29, 1.82) is 0 Å². The molecule has 0 aliphatic heterocycles. The molecule has 0 heterocycles. The molecule has 0 saturated carbocycles. The van der Waals surface area contributed by atoms with Crippen LogP contribution in [-0.4, -0.2) is 5.78 Å². The monoisotopic (exact) mass is 210 g/mol. The summed E-state index contributed by atoms with van der Waals surface area (Å²) in [6, 6.07) is 7.10. The van der Waals surface area contributed by atoms with Gasteiger partial charge >= 0.3 is 0 Å². The minimum Gasteiger partial charge on any atom is -0.294 e. The fourth-order valence-corrected chi connectivity index (χ4v) is 1.44. The molecule has 1 rings (SSSR count). The van der Waals surface area contributed by atoms with E-state index in [4.69, 9.17) is 11.6 Å². The Balaban J connectivity index is 2.80. The molecule has 2 heteroatoms. The highest BCUT2D eigenvalue weighted by molar-refractivity contribution is 6.31. The molecule has 1 aromatic carbocycles. The molecule has 0 aromatic heterocycles. The predicted molar refractivity (Wildman–Crippen MR) is 59.9 cm³/mol. The van der Waals surface area contributed by atoms with E-state index in [0.29, 0.717) is 17.0 Å². The van der Waals surface area contributed by atoms with E-state index in [1.54, 1.807) is 24.3 Å². The van der Waals surface area contributed by atoms with Gasteiger partial charge in [-0.3, -0.25) is 4.79 Å². The molecular weight excluding hydrogens is 196 g/mol. The first-order valence-electron chi connectivity index (χ1n) is 4.67. The third-order valence-electron chi connectivity index (χ3n) is 1.84. The fraction of sp³-hybridized carbons (Fsp3) is 0.417. The van der Waals surface area contributed by atoms with Gasteiger partial charge in [0.25, 0.3) is 0 Å². The molecule has 1 nitrogen and oxygen atoms in total. The number of Topliss-reactive ketones (excluding diaryl/α,β-unsaturated/α-hetero) is 1. The number of hydrogen-bond acceptors (Lipinski definition) is 1. The van der Waals surface area contributed by atoms with Crippen molar-refractivity contribution in [2.75, 3.05) is 0 Å². The zero-order chi connectivity index (χ0) is 10.8. The second-order valence-corrected chi connectivity index (χ2v) is 5.11. The predicted octanol–water partition coefficient (Wildman–Crippen LogP) is 3.96. The Labute approximate surface area is 90.1 Å². The van der Waals surface area contributed by atoms with Crippen molar-refractivity contribution in [3.05, 3.63) is 34.9 Å². The quantitative estimate of drug-likeness (QED) is 0.676. The number of halogens is 1. The molecule has 0 N–H and O–H groups in total. The highest BCUT2D eigenvalue weighted by Gasteiger charge is 2.17. The van der Waals surface area contributed by atoms with Gasteiger partial charge in [0.1, 0.15) is 0 Å². The molecule has 0 fully saturated rings. The van der Waals surface area contributed by atoms with E-state index < -0.39 is 0 Å². The van der Waals surface area contributed by atoms with Crippen LogP contribution in [0.5, 0.6) is 0 Å². The molecule has 0 atom stereocenters. The Hall–Kier alpha value is -0.820. The maximum Gasteiger partial charge on any atom is 0.163 e. The van der Waals surface area contributed by atoms with Crippen LogP contribution in [0.2, 0.25) is 5.02 Å². The van der Waals surface area contributed by atoms with Gasteiger partial charge in [-0.2, -0.15) is 0 Å². The lowest BCUT2D eigenvalue weighted by atomic mass is 9.88. The summed E-state index contributed by atoms with van der Waals surface area (Å²) < 4.78 is 0. The van der Waals surface area contributed by atoms with Crippen LogP contribution in [0.1, 0.15) is 37.6 Å². The number of benzene rings is 1. The molecule has 0 aliphatic carbocycles. The highest BCUT2D eigenvalue weighted by atomic mass is 35.5. The van der Waals surface area contributed by atoms with E-state index in [9.17, 15) is 4.79 Å². The van der Waals surface area contributed by atoms with Gasteiger partial charge in [-0.25, -0.2) is 0 Å². The van der Waals surface area contributed by atoms with E-state index in [0.717, 1.165) is 0 Å². The zero-order valence-corrected chi connectivity index (χ0v) is 9.56. The van der Waals surface area contributed by atoms with Crippen molar-refractivity contribution in [3.63, 3.8) is 0 Å². The number of ketones is 1. The third-order valence-corrected chi connectivity index (χ3v) is 2.07. The van der Waals surface area contributed by atoms with Gasteiger partial charge in [0.2, 0.25) is 0 Å². The molecule has 0 amide bonds. The number of carbonyl (C=O) groups excluding carboxylic acids is 1. The van der Waals surface area contributed by atoms with Crippen LogP contribution in [0.25, 0.3) is 0 Å². The Kier molecular flexibility index (Phi) is 3.33. The molecule has 0 unspecified atom stereocenters. The summed E-state index contributed by atoms with van der Waals surface area (Å²) in [5, 5.41) is 0.616. The normalized spacial score (nSPS) is 11.4. The van der Waals surface area contributed by atoms with Gasteiger partial charge in [-0.1, -0.05) is 44.5 Å². The lowest BCUT2D eigenvalue weighted by Crippen LogP contribution is -2.12. The molecule has 76 valence electrons. The van der Waals surface area contributed by atoms with Crippen molar-refractivity contribution in [1.82, 2.24) is 0 Å². The molecule has 0 saturated heterocycles. The molecule has 0 spiro atoms. The zero-order valence-electron chi connectivity index (χ0n) is 8.80. The summed E-state index contributed by atoms with van der Waals surface area (Å²) in [7, 11) is 0. The van der Waals surface area contributed by atoms with Crippen molar-refractivity contribution < 1.29 is 4.79 Å². The number of carbonyl (C=O) groups is 1. The summed E-state index contributed by atoms with van der Waals surface area (Å²) in [6.45, 7) is 6.15. The van der Waals surface area contributed by atoms with Crippen molar-refractivity contribution in [2.45, 2.75) is 27.2 Å². The third kappa shape index (κ3) is 3.51. The van der Waals surface area contributed by atoms with Gasteiger partial charge in [0.15, 0.2) is 5.78 Å². The van der Waals surface area contributed by atoms with Crippen molar-refractivity contribution in [3.8, 4) is 0 Å². The van der Waals surface area contributed by atoms with Crippen LogP contribution in [0.15, 0.2) is 24.3 Å². The first-order valence-corrected chi connectivity index (χ1v) is 5.05. The lowest BCUT2D eigenvalue weighted by Gasteiger charge is -2.16. The summed E-state index contributed by atoms with van der Waals surface area (Å²) in [5.74, 6) is 0.153. The first kappa shape index (κ1) is 11.3. The maximum absolute atomic E-state index is 11.8. The average Bonchev–Trinajstić information content (AvgIpc) is 2.01. The minimum absolute atomic E-state index is 0.0272. The molecule has 1 aromatic rings. The van der Waals surface area contributed by atoms with Crippen molar-refractivity contribution in [2.24, 2.45) is 5.41 Å². The van der Waals surface area contributed by atoms with E-state index >= 15 is 0 Å². The van der Waals surface area contributed by atoms with Crippen molar-refractivity contribution >= 4 is 17.4 Å². The van der Waals surface area contributed by atoms with E-state index in [-0.39, 0.29) is 11.2 Å². The number of hydrogen-bond donors (Lipinski definition) is 0. The standard InChI is InChI=1S/C12H15ClO/c1-12(2,3)8-11(14)9-5-4-6-10(13)7-9/h4-7H,8H2,1-3H3. The largest absolute Gasteiger partial charge is 0.294 e. The molecule has 0 bridgehead atoms. The van der Waals surface area contributed by atoms with Crippen LogP contribution >= 0.6 is 11.6 Å². The van der Waals surface area contributed by atoms with E-state index in [1.807, 2.05) is 0 Å². The van der Waals surface area contributed by atoms with Crippen LogP contribution in [-0.2, 0) is 0 Å². The Morgan fingerprint density at radius 2 is 2.00 bits per heavy atom. The van der Waals surface area contributed by atoms with E-state index in [1.165, 1.54) is 0 Å². The fourth-order valence-electron chi connectivity index (χ4n) is 1.25. The molecule has 0 aliphatic rings. The smallest absolute Gasteiger partial charge is 0.163 e. The van der Waals surface area contributed by atoms with Crippen LogP contribution in [0.4, 0.5) is 0 Å². The second-order valence-electron chi connectivity index (χ2n) is 4.67. The maximum atomic E-state index is 11.8. The summed E-state index contributed by atoms with van der Waals surface area (Å²) >= 11 is 5.81. The van der Waals surface area contributed by atoms with Gasteiger partial charge in [-0.15, -0.1) is 0 Å². The van der Waals surface area contributed by atoms with Crippen LogP contribution in [0, 0.1) is 5.41 Å². The summed E-state index contributed by atoms with van der Waals surface area (Å²) in [6.07, 6.45) is 0.549. The summed E-state index contributed by atoms with van der Waals surface area (Å²) in [5.41, 5.74) is 0.729. The second kappa shape index (κ2) is 4.14. The first-order chi connectivity index (χ1) is 6.38. The summed E-state index contributed by atoms with van der Waals surface area (Å²) in [4.78, 5) is 11.8. The van der Waals surface area contributed by atoms with Crippen LogP contribution in [0.3, 0.4) is 0 Å². The van der Waals surface area contributed by atoms with Crippen LogP contribution < -0.4 is 0 Å². The lowest BCUT2D eigenvalue weighted by molar-refractivity contribution is 0.0940. The SMILES string of the molecule is CC(C)(C)CC(=O)c1cccc(Cl)c1. The van der Waals surface area contributed by atoms with Gasteiger partial charge in [0.05, 0.1) is 0 Å². The Bertz CT molecular complexity index is 336. The van der Waals surface area contributed by atoms with Gasteiger partial charge in [0, 0.05) is 17.0 Å². The number of rotatable bonds is 2. The van der Waals surface area contributed by atoms with Gasteiger partial charge in [-0.05, 0) is 17.5 Å². The Morgan fingerprint density at radius 1 is 1.36 bits per heavy atom. The molecule has 14 heavy (non-hydrogen) atoms. The van der Waals surface area contributed by atoms with Gasteiger partial charge < -0.3 is 0 Å². The average molecular weight is 211 g/mol.